The molecule has 1 aliphatic heterocycles. The minimum absolute atomic E-state index is 0.0324. The second-order valence-corrected chi connectivity index (χ2v) is 5.85. The summed E-state index contributed by atoms with van der Waals surface area (Å²) in [5, 5.41) is 3.24. The van der Waals surface area contributed by atoms with Crippen LogP contribution in [0.1, 0.15) is 28.8 Å². The molecule has 5 nitrogen and oxygen atoms in total. The van der Waals surface area contributed by atoms with Gasteiger partial charge in [0.25, 0.3) is 5.91 Å². The van der Waals surface area contributed by atoms with Crippen molar-refractivity contribution < 1.29 is 9.59 Å². The maximum Gasteiger partial charge on any atom is 0.256 e. The SMILES string of the molecule is Cc1cccnc1NC(=O)c1ccc(Cl)c(N2CCCC2=O)c1. The number of amides is 2. The normalized spacial score (nSPS) is 14.2. The molecule has 0 spiro atoms. The molecular weight excluding hydrogens is 314 g/mol. The van der Waals surface area contributed by atoms with Gasteiger partial charge in [0.2, 0.25) is 5.91 Å². The lowest BCUT2D eigenvalue weighted by atomic mass is 10.1. The fourth-order valence-corrected chi connectivity index (χ4v) is 2.78. The Hall–Kier alpha value is -2.40. The minimum Gasteiger partial charge on any atom is -0.311 e. The third-order valence-electron chi connectivity index (χ3n) is 3.81. The van der Waals surface area contributed by atoms with E-state index >= 15 is 0 Å². The maximum atomic E-state index is 12.4. The lowest BCUT2D eigenvalue weighted by Gasteiger charge is -2.18. The van der Waals surface area contributed by atoms with E-state index in [0.717, 1.165) is 12.0 Å². The summed E-state index contributed by atoms with van der Waals surface area (Å²) < 4.78 is 0. The van der Waals surface area contributed by atoms with Crippen molar-refractivity contribution in [1.29, 1.82) is 0 Å². The third-order valence-corrected chi connectivity index (χ3v) is 4.13. The van der Waals surface area contributed by atoms with Crippen LogP contribution in [-0.4, -0.2) is 23.3 Å². The summed E-state index contributed by atoms with van der Waals surface area (Å²) in [6, 6.07) is 8.62. The van der Waals surface area contributed by atoms with Crippen molar-refractivity contribution in [3.8, 4) is 0 Å². The molecule has 2 heterocycles. The van der Waals surface area contributed by atoms with Crippen LogP contribution in [0.5, 0.6) is 0 Å². The van der Waals surface area contributed by atoms with Gasteiger partial charge < -0.3 is 10.2 Å². The van der Waals surface area contributed by atoms with Gasteiger partial charge in [0, 0.05) is 24.7 Å². The van der Waals surface area contributed by atoms with Crippen LogP contribution in [0, 0.1) is 6.92 Å². The summed E-state index contributed by atoms with van der Waals surface area (Å²) in [7, 11) is 0. The van der Waals surface area contributed by atoms with E-state index in [1.807, 2.05) is 19.1 Å². The molecule has 6 heteroatoms. The lowest BCUT2D eigenvalue weighted by molar-refractivity contribution is -0.117. The number of aryl methyl sites for hydroxylation is 1. The van der Waals surface area contributed by atoms with E-state index in [4.69, 9.17) is 11.6 Å². The van der Waals surface area contributed by atoms with Crippen molar-refractivity contribution in [3.63, 3.8) is 0 Å². The molecule has 23 heavy (non-hydrogen) atoms. The van der Waals surface area contributed by atoms with E-state index in [1.165, 1.54) is 0 Å². The Morgan fingerprint density at radius 2 is 2.17 bits per heavy atom. The van der Waals surface area contributed by atoms with Gasteiger partial charge in [-0.3, -0.25) is 9.59 Å². The zero-order chi connectivity index (χ0) is 16.4. The number of benzene rings is 1. The van der Waals surface area contributed by atoms with Crippen LogP contribution in [0.2, 0.25) is 5.02 Å². The summed E-state index contributed by atoms with van der Waals surface area (Å²) in [6.45, 7) is 2.50. The van der Waals surface area contributed by atoms with Gasteiger partial charge in [-0.2, -0.15) is 0 Å². The number of halogens is 1. The van der Waals surface area contributed by atoms with E-state index in [0.29, 0.717) is 35.1 Å². The van der Waals surface area contributed by atoms with Crippen LogP contribution < -0.4 is 10.2 Å². The highest BCUT2D eigenvalue weighted by Gasteiger charge is 2.24. The maximum absolute atomic E-state index is 12.4. The van der Waals surface area contributed by atoms with Gasteiger partial charge in [-0.15, -0.1) is 0 Å². The summed E-state index contributed by atoms with van der Waals surface area (Å²) in [5.74, 6) is 0.271. The Morgan fingerprint density at radius 1 is 1.35 bits per heavy atom. The standard InChI is InChI=1S/C17H16ClN3O2/c1-11-4-2-8-19-16(11)20-17(23)12-6-7-13(18)14(10-12)21-9-3-5-15(21)22/h2,4,6-8,10H,3,5,9H2,1H3,(H,19,20,23). The van der Waals surface area contributed by atoms with Gasteiger partial charge in [-0.25, -0.2) is 4.98 Å². The average Bonchev–Trinajstić information content (AvgIpc) is 2.96. The largest absolute Gasteiger partial charge is 0.311 e. The van der Waals surface area contributed by atoms with Crippen LogP contribution >= 0.6 is 11.6 Å². The number of aromatic nitrogens is 1. The predicted molar refractivity (Wildman–Crippen MR) is 90.0 cm³/mol. The molecule has 2 aromatic rings. The molecule has 0 bridgehead atoms. The van der Waals surface area contributed by atoms with Crippen LogP contribution in [-0.2, 0) is 4.79 Å². The van der Waals surface area contributed by atoms with Crippen molar-refractivity contribution in [2.45, 2.75) is 19.8 Å². The number of hydrogen-bond acceptors (Lipinski definition) is 3. The Balaban J connectivity index is 1.87. The van der Waals surface area contributed by atoms with Gasteiger partial charge >= 0.3 is 0 Å². The van der Waals surface area contributed by atoms with E-state index in [9.17, 15) is 9.59 Å². The fraction of sp³-hybridized carbons (Fsp3) is 0.235. The molecule has 118 valence electrons. The molecule has 1 fully saturated rings. The van der Waals surface area contributed by atoms with Crippen LogP contribution in [0.25, 0.3) is 0 Å². The first kappa shape index (κ1) is 15.5. The average molecular weight is 330 g/mol. The molecule has 0 unspecified atom stereocenters. The molecule has 2 amide bonds. The van der Waals surface area contributed by atoms with Gasteiger partial charge in [-0.1, -0.05) is 17.7 Å². The lowest BCUT2D eigenvalue weighted by Crippen LogP contribution is -2.24. The molecule has 0 saturated carbocycles. The number of nitrogens with zero attached hydrogens (tertiary/aromatic N) is 2. The Kier molecular flexibility index (Phi) is 4.30. The van der Waals surface area contributed by atoms with Crippen molar-refractivity contribution in [3.05, 3.63) is 52.7 Å². The third kappa shape index (κ3) is 3.19. The van der Waals surface area contributed by atoms with Crippen molar-refractivity contribution in [2.75, 3.05) is 16.8 Å². The smallest absolute Gasteiger partial charge is 0.256 e. The van der Waals surface area contributed by atoms with Gasteiger partial charge in [0.15, 0.2) is 0 Å². The number of carbonyl (C=O) groups is 2. The highest BCUT2D eigenvalue weighted by molar-refractivity contribution is 6.34. The molecule has 1 saturated heterocycles. The summed E-state index contributed by atoms with van der Waals surface area (Å²) in [5.41, 5.74) is 1.90. The van der Waals surface area contributed by atoms with Crippen molar-refractivity contribution in [1.82, 2.24) is 4.98 Å². The first-order valence-electron chi connectivity index (χ1n) is 7.39. The first-order valence-corrected chi connectivity index (χ1v) is 7.77. The zero-order valence-electron chi connectivity index (χ0n) is 12.7. The summed E-state index contributed by atoms with van der Waals surface area (Å²) >= 11 is 6.19. The molecule has 1 aromatic heterocycles. The molecular formula is C17H16ClN3O2. The fourth-order valence-electron chi connectivity index (χ4n) is 2.56. The molecule has 1 N–H and O–H groups in total. The molecule has 0 aliphatic carbocycles. The second kappa shape index (κ2) is 6.38. The molecule has 0 radical (unpaired) electrons. The van der Waals surface area contributed by atoms with Crippen LogP contribution in [0.3, 0.4) is 0 Å². The molecule has 1 aromatic carbocycles. The Bertz CT molecular complexity index is 776. The van der Waals surface area contributed by atoms with Crippen molar-refractivity contribution in [2.24, 2.45) is 0 Å². The zero-order valence-corrected chi connectivity index (χ0v) is 13.4. The number of anilines is 2. The molecule has 1 aliphatic rings. The summed E-state index contributed by atoms with van der Waals surface area (Å²) in [6.07, 6.45) is 2.94. The molecule has 3 rings (SSSR count). The molecule has 0 atom stereocenters. The number of carbonyl (C=O) groups excluding carboxylic acids is 2. The number of nitrogens with one attached hydrogen (secondary N) is 1. The minimum atomic E-state index is -0.281. The van der Waals surface area contributed by atoms with Crippen molar-refractivity contribution >= 4 is 34.9 Å². The van der Waals surface area contributed by atoms with E-state index in [-0.39, 0.29) is 11.8 Å². The van der Waals surface area contributed by atoms with Crippen LogP contribution in [0.4, 0.5) is 11.5 Å². The second-order valence-electron chi connectivity index (χ2n) is 5.44. The number of pyridine rings is 1. The first-order chi connectivity index (χ1) is 11.1. The quantitative estimate of drug-likeness (QED) is 0.938. The predicted octanol–water partition coefficient (Wildman–Crippen LogP) is 3.42. The monoisotopic (exact) mass is 329 g/mol. The highest BCUT2D eigenvalue weighted by atomic mass is 35.5. The number of hydrogen-bond donors (Lipinski definition) is 1. The van der Waals surface area contributed by atoms with Gasteiger partial charge in [0.1, 0.15) is 5.82 Å². The van der Waals surface area contributed by atoms with Gasteiger partial charge in [-0.05, 0) is 43.2 Å². The van der Waals surface area contributed by atoms with E-state index < -0.39 is 0 Å². The Labute approximate surface area is 139 Å². The van der Waals surface area contributed by atoms with Gasteiger partial charge in [0.05, 0.1) is 10.7 Å². The van der Waals surface area contributed by atoms with E-state index in [1.54, 1.807) is 29.3 Å². The number of rotatable bonds is 3. The summed E-state index contributed by atoms with van der Waals surface area (Å²) in [4.78, 5) is 30.1. The highest BCUT2D eigenvalue weighted by Crippen LogP contribution is 2.30. The Morgan fingerprint density at radius 3 is 2.87 bits per heavy atom. The van der Waals surface area contributed by atoms with Crippen LogP contribution in [0.15, 0.2) is 36.5 Å². The van der Waals surface area contributed by atoms with E-state index in [2.05, 4.69) is 10.3 Å². The topological polar surface area (TPSA) is 62.3 Å².